The van der Waals surface area contributed by atoms with Crippen LogP contribution in [0.4, 0.5) is 0 Å². The molecule has 0 aliphatic carbocycles. The summed E-state index contributed by atoms with van der Waals surface area (Å²) < 4.78 is 10.8. The molecule has 0 saturated heterocycles. The average Bonchev–Trinajstić information content (AvgIpc) is 2.54. The minimum Gasteiger partial charge on any atom is -0.493 e. The lowest BCUT2D eigenvalue weighted by Crippen LogP contribution is -2.35. The number of para-hydroxylation sites is 2. The summed E-state index contributed by atoms with van der Waals surface area (Å²) >= 11 is 5.82. The minimum atomic E-state index is -0.622. The summed E-state index contributed by atoms with van der Waals surface area (Å²) in [6.07, 6.45) is -0.622. The molecular formula is C17H18ClNO3. The number of halogens is 1. The highest BCUT2D eigenvalue weighted by atomic mass is 35.5. The van der Waals surface area contributed by atoms with Crippen molar-refractivity contribution in [2.45, 2.75) is 19.6 Å². The Kier molecular flexibility index (Phi) is 5.67. The molecule has 5 heteroatoms. The van der Waals surface area contributed by atoms with E-state index in [1.54, 1.807) is 38.3 Å². The fourth-order valence-electron chi connectivity index (χ4n) is 1.90. The van der Waals surface area contributed by atoms with Gasteiger partial charge < -0.3 is 14.8 Å². The highest BCUT2D eigenvalue weighted by molar-refractivity contribution is 6.30. The molecule has 1 amide bonds. The lowest BCUT2D eigenvalue weighted by atomic mass is 10.2. The number of carbonyl (C=O) groups is 1. The van der Waals surface area contributed by atoms with Crippen molar-refractivity contribution in [3.63, 3.8) is 0 Å². The van der Waals surface area contributed by atoms with Crippen LogP contribution in [0.25, 0.3) is 0 Å². The summed E-state index contributed by atoms with van der Waals surface area (Å²) in [5.74, 6) is 0.944. The van der Waals surface area contributed by atoms with Crippen molar-refractivity contribution in [1.82, 2.24) is 5.32 Å². The summed E-state index contributed by atoms with van der Waals surface area (Å²) in [5.41, 5.74) is 0.974. The number of rotatable bonds is 6. The van der Waals surface area contributed by atoms with E-state index in [0.717, 1.165) is 5.56 Å². The van der Waals surface area contributed by atoms with Gasteiger partial charge in [0, 0.05) is 11.6 Å². The third kappa shape index (κ3) is 4.40. The summed E-state index contributed by atoms with van der Waals surface area (Å²) in [5, 5.41) is 3.50. The molecule has 0 aliphatic heterocycles. The number of benzene rings is 2. The Morgan fingerprint density at radius 3 is 2.41 bits per heavy atom. The zero-order valence-corrected chi connectivity index (χ0v) is 13.3. The Labute approximate surface area is 135 Å². The van der Waals surface area contributed by atoms with Crippen LogP contribution in [-0.2, 0) is 11.3 Å². The second kappa shape index (κ2) is 7.71. The van der Waals surface area contributed by atoms with Crippen LogP contribution < -0.4 is 14.8 Å². The molecule has 0 aromatic heterocycles. The summed E-state index contributed by atoms with van der Waals surface area (Å²) in [6.45, 7) is 2.12. The van der Waals surface area contributed by atoms with E-state index < -0.39 is 6.10 Å². The number of hydrogen-bond acceptors (Lipinski definition) is 3. The first kappa shape index (κ1) is 16.2. The predicted molar refractivity (Wildman–Crippen MR) is 86.4 cm³/mol. The second-order valence-corrected chi connectivity index (χ2v) is 5.19. The monoisotopic (exact) mass is 319 g/mol. The Balaban J connectivity index is 1.90. The lowest BCUT2D eigenvalue weighted by Gasteiger charge is -2.16. The van der Waals surface area contributed by atoms with E-state index in [-0.39, 0.29) is 5.91 Å². The molecule has 0 heterocycles. The first-order valence-corrected chi connectivity index (χ1v) is 7.30. The van der Waals surface area contributed by atoms with Gasteiger partial charge in [-0.15, -0.1) is 0 Å². The van der Waals surface area contributed by atoms with Crippen molar-refractivity contribution < 1.29 is 14.3 Å². The second-order valence-electron chi connectivity index (χ2n) is 4.76. The molecule has 1 atom stereocenters. The minimum absolute atomic E-state index is 0.194. The number of methoxy groups -OCH3 is 1. The van der Waals surface area contributed by atoms with Gasteiger partial charge in [0.1, 0.15) is 0 Å². The van der Waals surface area contributed by atoms with Gasteiger partial charge in [0.2, 0.25) is 0 Å². The van der Waals surface area contributed by atoms with Crippen LogP contribution in [-0.4, -0.2) is 19.1 Å². The maximum atomic E-state index is 12.1. The standard InChI is InChI=1S/C17H18ClNO3/c1-12(22-16-6-4-3-5-15(16)21-2)17(20)19-11-13-7-9-14(18)10-8-13/h3-10,12H,11H2,1-2H3,(H,19,20)/t12-/m0/s1. The van der Waals surface area contributed by atoms with E-state index in [1.165, 1.54) is 0 Å². The quantitative estimate of drug-likeness (QED) is 0.887. The van der Waals surface area contributed by atoms with Crippen molar-refractivity contribution in [3.05, 3.63) is 59.1 Å². The van der Waals surface area contributed by atoms with Crippen molar-refractivity contribution in [1.29, 1.82) is 0 Å². The third-order valence-electron chi connectivity index (χ3n) is 3.12. The largest absolute Gasteiger partial charge is 0.493 e. The fraction of sp³-hybridized carbons (Fsp3) is 0.235. The number of hydrogen-bond donors (Lipinski definition) is 1. The lowest BCUT2D eigenvalue weighted by molar-refractivity contribution is -0.127. The molecule has 22 heavy (non-hydrogen) atoms. The molecule has 2 rings (SSSR count). The van der Waals surface area contributed by atoms with Gasteiger partial charge >= 0.3 is 0 Å². The zero-order valence-electron chi connectivity index (χ0n) is 12.5. The molecule has 0 unspecified atom stereocenters. The van der Waals surface area contributed by atoms with E-state index in [0.29, 0.717) is 23.1 Å². The van der Waals surface area contributed by atoms with Gasteiger partial charge in [-0.05, 0) is 36.8 Å². The van der Waals surface area contributed by atoms with Crippen molar-refractivity contribution >= 4 is 17.5 Å². The number of nitrogens with one attached hydrogen (secondary N) is 1. The van der Waals surface area contributed by atoms with Crippen LogP contribution >= 0.6 is 11.6 Å². The average molecular weight is 320 g/mol. The van der Waals surface area contributed by atoms with Crippen LogP contribution in [0, 0.1) is 0 Å². The molecule has 4 nitrogen and oxygen atoms in total. The maximum absolute atomic E-state index is 12.1. The van der Waals surface area contributed by atoms with Crippen molar-refractivity contribution in [2.75, 3.05) is 7.11 Å². The summed E-state index contributed by atoms with van der Waals surface area (Å²) in [7, 11) is 1.56. The molecule has 0 fully saturated rings. The first-order valence-electron chi connectivity index (χ1n) is 6.92. The van der Waals surface area contributed by atoms with Crippen LogP contribution in [0.15, 0.2) is 48.5 Å². The Morgan fingerprint density at radius 1 is 1.14 bits per heavy atom. The predicted octanol–water partition coefficient (Wildman–Crippen LogP) is 3.43. The van der Waals surface area contributed by atoms with E-state index in [4.69, 9.17) is 21.1 Å². The van der Waals surface area contributed by atoms with Gasteiger partial charge in [-0.2, -0.15) is 0 Å². The van der Waals surface area contributed by atoms with Crippen molar-refractivity contribution in [3.8, 4) is 11.5 Å². The highest BCUT2D eigenvalue weighted by Crippen LogP contribution is 2.26. The Morgan fingerprint density at radius 2 is 1.77 bits per heavy atom. The molecule has 2 aromatic carbocycles. The summed E-state index contributed by atoms with van der Waals surface area (Å²) in [6, 6.07) is 14.5. The number of carbonyl (C=O) groups excluding carboxylic acids is 1. The van der Waals surface area contributed by atoms with Gasteiger partial charge in [0.15, 0.2) is 17.6 Å². The van der Waals surface area contributed by atoms with Crippen LogP contribution in [0.3, 0.4) is 0 Å². The Hall–Kier alpha value is -2.20. The summed E-state index contributed by atoms with van der Waals surface area (Å²) in [4.78, 5) is 12.1. The van der Waals surface area contributed by atoms with E-state index >= 15 is 0 Å². The van der Waals surface area contributed by atoms with Crippen LogP contribution in [0.1, 0.15) is 12.5 Å². The molecule has 116 valence electrons. The van der Waals surface area contributed by atoms with Gasteiger partial charge in [-0.3, -0.25) is 4.79 Å². The highest BCUT2D eigenvalue weighted by Gasteiger charge is 2.16. The SMILES string of the molecule is COc1ccccc1O[C@@H](C)C(=O)NCc1ccc(Cl)cc1. The van der Waals surface area contributed by atoms with Gasteiger partial charge in [-0.1, -0.05) is 35.9 Å². The molecule has 0 radical (unpaired) electrons. The first-order chi connectivity index (χ1) is 10.6. The molecule has 1 N–H and O–H groups in total. The topological polar surface area (TPSA) is 47.6 Å². The van der Waals surface area contributed by atoms with Gasteiger partial charge in [0.25, 0.3) is 5.91 Å². The third-order valence-corrected chi connectivity index (χ3v) is 3.37. The molecule has 0 bridgehead atoms. The van der Waals surface area contributed by atoms with Crippen LogP contribution in [0.5, 0.6) is 11.5 Å². The fourth-order valence-corrected chi connectivity index (χ4v) is 2.02. The smallest absolute Gasteiger partial charge is 0.261 e. The van der Waals surface area contributed by atoms with E-state index in [2.05, 4.69) is 5.32 Å². The molecule has 2 aromatic rings. The molecular weight excluding hydrogens is 302 g/mol. The molecule has 0 spiro atoms. The normalized spacial score (nSPS) is 11.6. The maximum Gasteiger partial charge on any atom is 0.261 e. The number of amides is 1. The number of ether oxygens (including phenoxy) is 2. The van der Waals surface area contributed by atoms with E-state index in [1.807, 2.05) is 24.3 Å². The van der Waals surface area contributed by atoms with Gasteiger partial charge in [-0.25, -0.2) is 0 Å². The molecule has 0 saturated carbocycles. The zero-order chi connectivity index (χ0) is 15.9. The van der Waals surface area contributed by atoms with Crippen LogP contribution in [0.2, 0.25) is 5.02 Å². The van der Waals surface area contributed by atoms with Crippen molar-refractivity contribution in [2.24, 2.45) is 0 Å². The van der Waals surface area contributed by atoms with E-state index in [9.17, 15) is 4.79 Å². The molecule has 0 aliphatic rings. The Bertz CT molecular complexity index is 628. The van der Waals surface area contributed by atoms with Gasteiger partial charge in [0.05, 0.1) is 7.11 Å².